The van der Waals surface area contributed by atoms with Gasteiger partial charge in [-0.25, -0.2) is 0 Å². The topological polar surface area (TPSA) is 98.7 Å². The minimum Gasteiger partial charge on any atom is -0.505 e. The maximum absolute atomic E-state index is 12.2. The molecule has 1 amide bonds. The molecule has 7 nitrogen and oxygen atoms in total. The number of benzene rings is 2. The molecule has 0 heterocycles. The number of hydrogen-bond acceptors (Lipinski definition) is 6. The number of carbonyl (C=O) groups is 1. The van der Waals surface area contributed by atoms with E-state index in [1.165, 1.54) is 11.0 Å². The molecule has 0 fully saturated rings. The third-order valence-electron chi connectivity index (χ3n) is 5.01. The van der Waals surface area contributed by atoms with Gasteiger partial charge in [0.2, 0.25) is 0 Å². The van der Waals surface area contributed by atoms with Gasteiger partial charge in [-0.2, -0.15) is 0 Å². The van der Waals surface area contributed by atoms with Crippen LogP contribution in [0.3, 0.4) is 0 Å². The molecule has 3 aromatic rings. The van der Waals surface area contributed by atoms with Crippen LogP contribution in [0.2, 0.25) is 0 Å². The van der Waals surface area contributed by atoms with E-state index in [9.17, 15) is 19.5 Å². The third kappa shape index (κ3) is 4.20. The van der Waals surface area contributed by atoms with Crippen molar-refractivity contribution in [2.75, 3.05) is 24.7 Å². The molecular formula is C23H29N3O4. The van der Waals surface area contributed by atoms with Gasteiger partial charge in [0.15, 0.2) is 5.75 Å². The summed E-state index contributed by atoms with van der Waals surface area (Å²) in [5.41, 5.74) is 0.461. The number of para-hydroxylation sites is 1. The molecule has 3 aromatic carbocycles. The molecule has 0 aromatic heterocycles. The molecule has 30 heavy (non-hydrogen) atoms. The van der Waals surface area contributed by atoms with Gasteiger partial charge in [-0.05, 0) is 30.5 Å². The zero-order chi connectivity index (χ0) is 21.8. The van der Waals surface area contributed by atoms with E-state index in [0.29, 0.717) is 6.42 Å². The Labute approximate surface area is 177 Å². The SMILES string of the molecule is CCC(Cc1ccccc1)Nc1c(Nc2cccc(C(=O)N(C)C)c2O)c(=O)c1=O.[HH].[HH]. The normalized spacial score (nSPS) is 11.8. The number of phenols is 1. The molecular weight excluding hydrogens is 382 g/mol. The summed E-state index contributed by atoms with van der Waals surface area (Å²) in [6.45, 7) is 2.00. The Morgan fingerprint density at radius 3 is 2.33 bits per heavy atom. The first kappa shape index (κ1) is 21.1. The van der Waals surface area contributed by atoms with Crippen molar-refractivity contribution in [2.24, 2.45) is 0 Å². The second-order valence-electron chi connectivity index (χ2n) is 7.37. The molecule has 0 saturated carbocycles. The lowest BCUT2D eigenvalue weighted by atomic mass is 10.0. The van der Waals surface area contributed by atoms with Gasteiger partial charge in [-0.3, -0.25) is 14.4 Å². The van der Waals surface area contributed by atoms with Crippen molar-refractivity contribution in [3.63, 3.8) is 0 Å². The van der Waals surface area contributed by atoms with E-state index < -0.39 is 10.9 Å². The van der Waals surface area contributed by atoms with Gasteiger partial charge >= 0.3 is 0 Å². The number of anilines is 3. The summed E-state index contributed by atoms with van der Waals surface area (Å²) in [4.78, 5) is 37.9. The van der Waals surface area contributed by atoms with Crippen molar-refractivity contribution in [3.05, 3.63) is 80.1 Å². The molecule has 0 saturated heterocycles. The molecule has 3 N–H and O–H groups in total. The second kappa shape index (κ2) is 8.82. The lowest BCUT2D eigenvalue weighted by molar-refractivity contribution is 0.0824. The average molecular weight is 412 g/mol. The maximum atomic E-state index is 12.2. The van der Waals surface area contributed by atoms with E-state index >= 15 is 0 Å². The van der Waals surface area contributed by atoms with Crippen molar-refractivity contribution >= 4 is 23.0 Å². The van der Waals surface area contributed by atoms with E-state index in [1.807, 2.05) is 37.3 Å². The minimum atomic E-state index is -0.657. The fourth-order valence-corrected chi connectivity index (χ4v) is 3.24. The number of aromatic hydroxyl groups is 1. The van der Waals surface area contributed by atoms with Crippen LogP contribution in [0.1, 0.15) is 32.1 Å². The highest BCUT2D eigenvalue weighted by Crippen LogP contribution is 2.32. The van der Waals surface area contributed by atoms with Crippen LogP contribution in [0.15, 0.2) is 58.1 Å². The zero-order valence-corrected chi connectivity index (χ0v) is 17.2. The summed E-state index contributed by atoms with van der Waals surface area (Å²) >= 11 is 0. The zero-order valence-electron chi connectivity index (χ0n) is 17.2. The smallest absolute Gasteiger partial charge is 0.257 e. The first-order valence-electron chi connectivity index (χ1n) is 9.77. The van der Waals surface area contributed by atoms with E-state index in [4.69, 9.17) is 0 Å². The minimum absolute atomic E-state index is 0. The average Bonchev–Trinajstić information content (AvgIpc) is 2.76. The molecule has 0 spiro atoms. The molecule has 0 aliphatic carbocycles. The van der Waals surface area contributed by atoms with Crippen molar-refractivity contribution in [1.82, 2.24) is 4.90 Å². The standard InChI is InChI=1S/C23H25N3O4.2H2/c1-4-15(13-14-9-6-5-7-10-14)24-18-19(22(29)21(18)28)25-17-12-8-11-16(20(17)27)23(30)26(2)3;;/h5-12,15,24-25,27H,4,13H2,1-3H3;2*1H. The summed E-state index contributed by atoms with van der Waals surface area (Å²) < 4.78 is 0. The van der Waals surface area contributed by atoms with Crippen LogP contribution < -0.4 is 21.5 Å². The second-order valence-corrected chi connectivity index (χ2v) is 7.37. The van der Waals surface area contributed by atoms with Crippen LogP contribution in [0.4, 0.5) is 17.1 Å². The van der Waals surface area contributed by atoms with Gasteiger partial charge in [-0.15, -0.1) is 0 Å². The maximum Gasteiger partial charge on any atom is 0.257 e. The molecule has 0 aliphatic heterocycles. The summed E-state index contributed by atoms with van der Waals surface area (Å²) in [7, 11) is 3.16. The van der Waals surface area contributed by atoms with Gasteiger partial charge in [0, 0.05) is 23.0 Å². The Kier molecular flexibility index (Phi) is 6.20. The lowest BCUT2D eigenvalue weighted by Crippen LogP contribution is -2.39. The summed E-state index contributed by atoms with van der Waals surface area (Å²) in [6, 6.07) is 14.5. The number of nitrogens with zero attached hydrogens (tertiary/aromatic N) is 1. The third-order valence-corrected chi connectivity index (χ3v) is 5.01. The number of carbonyl (C=O) groups excluding carboxylic acids is 1. The fourth-order valence-electron chi connectivity index (χ4n) is 3.24. The number of phenolic OH excluding ortho intramolecular Hbond substituents is 1. The van der Waals surface area contributed by atoms with Crippen molar-refractivity contribution in [3.8, 4) is 5.75 Å². The summed E-state index contributed by atoms with van der Waals surface area (Å²) in [5.74, 6) is -0.639. The number of nitrogens with one attached hydrogen (secondary N) is 2. The van der Waals surface area contributed by atoms with Gasteiger partial charge in [-0.1, -0.05) is 43.3 Å². The highest BCUT2D eigenvalue weighted by Gasteiger charge is 2.25. The van der Waals surface area contributed by atoms with Gasteiger partial charge in [0.1, 0.15) is 11.4 Å². The van der Waals surface area contributed by atoms with E-state index in [1.54, 1.807) is 26.2 Å². The van der Waals surface area contributed by atoms with Crippen LogP contribution >= 0.6 is 0 Å². The monoisotopic (exact) mass is 411 g/mol. The quantitative estimate of drug-likeness (QED) is 0.388. The van der Waals surface area contributed by atoms with E-state index in [0.717, 1.165) is 12.0 Å². The number of rotatable bonds is 8. The molecule has 1 unspecified atom stereocenters. The first-order chi connectivity index (χ1) is 14.3. The van der Waals surface area contributed by atoms with E-state index in [-0.39, 0.29) is 43.2 Å². The Morgan fingerprint density at radius 2 is 1.70 bits per heavy atom. The van der Waals surface area contributed by atoms with Gasteiger partial charge < -0.3 is 20.6 Å². The summed E-state index contributed by atoms with van der Waals surface area (Å²) in [5, 5.41) is 16.5. The van der Waals surface area contributed by atoms with Crippen molar-refractivity contribution in [2.45, 2.75) is 25.8 Å². The predicted octanol–water partition coefficient (Wildman–Crippen LogP) is 3.36. The molecule has 0 radical (unpaired) electrons. The van der Waals surface area contributed by atoms with Crippen LogP contribution in [0.5, 0.6) is 5.75 Å². The Hall–Kier alpha value is -3.61. The van der Waals surface area contributed by atoms with Crippen LogP contribution in [0, 0.1) is 0 Å². The molecule has 7 heteroatoms. The van der Waals surface area contributed by atoms with Gasteiger partial charge in [0.25, 0.3) is 16.8 Å². The highest BCUT2D eigenvalue weighted by atomic mass is 16.3. The predicted molar refractivity (Wildman–Crippen MR) is 123 cm³/mol. The Morgan fingerprint density at radius 1 is 1.03 bits per heavy atom. The summed E-state index contributed by atoms with van der Waals surface area (Å²) in [6.07, 6.45) is 1.46. The van der Waals surface area contributed by atoms with E-state index in [2.05, 4.69) is 10.6 Å². The van der Waals surface area contributed by atoms with Crippen molar-refractivity contribution < 1.29 is 12.8 Å². The largest absolute Gasteiger partial charge is 0.505 e. The fraction of sp³-hybridized carbons (Fsp3) is 0.261. The van der Waals surface area contributed by atoms with Gasteiger partial charge in [0.05, 0.1) is 11.3 Å². The molecule has 0 aliphatic rings. The highest BCUT2D eigenvalue weighted by molar-refractivity contribution is 5.99. The molecule has 1 atom stereocenters. The molecule has 3 rings (SSSR count). The molecule has 0 bridgehead atoms. The van der Waals surface area contributed by atoms with Crippen LogP contribution in [-0.4, -0.2) is 36.1 Å². The Balaban J connectivity index is 0.00000256. The number of hydrogen-bond donors (Lipinski definition) is 3. The number of amides is 1. The first-order valence-corrected chi connectivity index (χ1v) is 9.77. The molecule has 160 valence electrons. The van der Waals surface area contributed by atoms with Crippen LogP contribution in [-0.2, 0) is 6.42 Å². The lowest BCUT2D eigenvalue weighted by Gasteiger charge is -2.22. The van der Waals surface area contributed by atoms with Crippen molar-refractivity contribution in [1.29, 1.82) is 0 Å². The van der Waals surface area contributed by atoms with Crippen LogP contribution in [0.25, 0.3) is 0 Å². The Bertz CT molecular complexity index is 1130.